The number of aromatic nitrogens is 1. The lowest BCUT2D eigenvalue weighted by atomic mass is 9.84. The van der Waals surface area contributed by atoms with E-state index >= 15 is 0 Å². The Morgan fingerprint density at radius 2 is 1.90 bits per heavy atom. The van der Waals surface area contributed by atoms with Crippen molar-refractivity contribution in [3.05, 3.63) is 65.0 Å². The van der Waals surface area contributed by atoms with Crippen LogP contribution in [0.1, 0.15) is 24.0 Å². The fourth-order valence-corrected chi connectivity index (χ4v) is 4.75. The van der Waals surface area contributed by atoms with Gasteiger partial charge in [0.1, 0.15) is 0 Å². The Hall–Kier alpha value is -3.74. The molecule has 3 heterocycles. The highest BCUT2D eigenvalue weighted by molar-refractivity contribution is 6.11. The molecule has 2 aliphatic heterocycles. The van der Waals surface area contributed by atoms with Crippen molar-refractivity contribution in [3.63, 3.8) is 0 Å². The number of aryl methyl sites for hydroxylation is 1. The zero-order chi connectivity index (χ0) is 21.9. The summed E-state index contributed by atoms with van der Waals surface area (Å²) in [5, 5.41) is 4.53. The fourth-order valence-electron chi connectivity index (χ4n) is 4.75. The fraction of sp³-hybridized carbons (Fsp3) is 0.250. The number of nitrogens with one attached hydrogen (secondary N) is 1. The lowest BCUT2D eigenvalue weighted by molar-refractivity contribution is -0.139. The van der Waals surface area contributed by atoms with E-state index in [2.05, 4.69) is 22.1 Å². The Morgan fingerprint density at radius 1 is 1.13 bits per heavy atom. The molecule has 0 unspecified atom stereocenters. The third-order valence-corrected chi connectivity index (χ3v) is 6.17. The van der Waals surface area contributed by atoms with E-state index in [9.17, 15) is 9.59 Å². The normalized spacial score (nSPS) is 17.5. The number of hydrogen-bond acceptors (Lipinski definition) is 5. The quantitative estimate of drug-likeness (QED) is 0.707. The van der Waals surface area contributed by atoms with Crippen molar-refractivity contribution in [3.8, 4) is 11.5 Å². The molecule has 0 spiro atoms. The van der Waals surface area contributed by atoms with Crippen LogP contribution < -0.4 is 14.8 Å². The summed E-state index contributed by atoms with van der Waals surface area (Å²) in [5.74, 6) is 0.325. The number of carbonyl (C=O) groups is 2. The maximum atomic E-state index is 13.4. The Morgan fingerprint density at radius 3 is 2.61 bits per heavy atom. The van der Waals surface area contributed by atoms with Crippen molar-refractivity contribution >= 4 is 28.4 Å². The highest BCUT2D eigenvalue weighted by Gasteiger charge is 2.41. The van der Waals surface area contributed by atoms with Gasteiger partial charge in [0, 0.05) is 42.9 Å². The predicted molar refractivity (Wildman–Crippen MR) is 117 cm³/mol. The molecule has 0 fully saturated rings. The van der Waals surface area contributed by atoms with Crippen LogP contribution in [0, 0.1) is 0 Å². The van der Waals surface area contributed by atoms with Crippen LogP contribution >= 0.6 is 0 Å². The van der Waals surface area contributed by atoms with Crippen LogP contribution in [0.5, 0.6) is 11.5 Å². The van der Waals surface area contributed by atoms with Gasteiger partial charge in [-0.1, -0.05) is 12.1 Å². The molecule has 0 aliphatic carbocycles. The molecule has 31 heavy (non-hydrogen) atoms. The molecule has 1 aromatic heterocycles. The van der Waals surface area contributed by atoms with Crippen molar-refractivity contribution in [1.29, 1.82) is 0 Å². The third-order valence-electron chi connectivity index (χ3n) is 6.17. The van der Waals surface area contributed by atoms with Crippen LogP contribution in [-0.2, 0) is 16.6 Å². The van der Waals surface area contributed by atoms with Gasteiger partial charge in [0.2, 0.25) is 5.91 Å². The van der Waals surface area contributed by atoms with Gasteiger partial charge in [-0.15, -0.1) is 0 Å². The number of hydrogen-bond donors (Lipinski definition) is 1. The van der Waals surface area contributed by atoms with Crippen LogP contribution in [0.4, 0.5) is 5.69 Å². The molecule has 5 rings (SSSR count). The van der Waals surface area contributed by atoms with Gasteiger partial charge < -0.3 is 19.4 Å². The Kier molecular flexibility index (Phi) is 4.28. The molecule has 3 aromatic rings. The van der Waals surface area contributed by atoms with Crippen molar-refractivity contribution in [2.75, 3.05) is 26.1 Å². The average molecular weight is 417 g/mol. The summed E-state index contributed by atoms with van der Waals surface area (Å²) in [7, 11) is 5.18. The number of rotatable bonds is 3. The molecule has 0 saturated carbocycles. The number of imide groups is 1. The zero-order valence-corrected chi connectivity index (χ0v) is 17.9. The standard InChI is InChI=1S/C24H23N3O4/c1-13(28)27-12-17-23(24(27)29)21(14-8-9-19(30-3)20(10-14)31-4)15-11-26(2)18-7-5-6-16(25-17)22(15)18/h5-11,21,25H,12H2,1-4H3/t21-/m1/s1. The zero-order valence-electron chi connectivity index (χ0n) is 17.9. The van der Waals surface area contributed by atoms with Gasteiger partial charge in [-0.2, -0.15) is 0 Å². The number of amides is 2. The van der Waals surface area contributed by atoms with Gasteiger partial charge in [-0.05, 0) is 35.4 Å². The van der Waals surface area contributed by atoms with Crippen molar-refractivity contribution in [1.82, 2.24) is 9.47 Å². The van der Waals surface area contributed by atoms with E-state index in [1.807, 2.05) is 37.4 Å². The maximum Gasteiger partial charge on any atom is 0.259 e. The first-order chi connectivity index (χ1) is 14.9. The number of ether oxygens (including phenoxy) is 2. The number of nitrogens with zero attached hydrogens (tertiary/aromatic N) is 2. The summed E-state index contributed by atoms with van der Waals surface area (Å²) in [6.07, 6.45) is 2.07. The number of benzene rings is 2. The summed E-state index contributed by atoms with van der Waals surface area (Å²) >= 11 is 0. The molecule has 0 radical (unpaired) electrons. The molecule has 7 heteroatoms. The van der Waals surface area contributed by atoms with Crippen LogP contribution in [0.15, 0.2) is 53.9 Å². The van der Waals surface area contributed by atoms with E-state index in [1.165, 1.54) is 11.8 Å². The van der Waals surface area contributed by atoms with Gasteiger partial charge >= 0.3 is 0 Å². The number of methoxy groups -OCH3 is 2. The van der Waals surface area contributed by atoms with Crippen LogP contribution in [-0.4, -0.2) is 42.0 Å². The van der Waals surface area contributed by atoms with Crippen LogP contribution in [0.2, 0.25) is 0 Å². The summed E-state index contributed by atoms with van der Waals surface area (Å²) in [6, 6.07) is 11.8. The van der Waals surface area contributed by atoms with Gasteiger partial charge in [-0.3, -0.25) is 14.5 Å². The smallest absolute Gasteiger partial charge is 0.259 e. The molecule has 0 bridgehead atoms. The van der Waals surface area contributed by atoms with Crippen molar-refractivity contribution in [2.45, 2.75) is 12.8 Å². The van der Waals surface area contributed by atoms with E-state index in [0.717, 1.165) is 33.4 Å². The molecule has 0 saturated heterocycles. The topological polar surface area (TPSA) is 72.8 Å². The molecule has 2 aliphatic rings. The second kappa shape index (κ2) is 6.91. The molecule has 7 nitrogen and oxygen atoms in total. The largest absolute Gasteiger partial charge is 0.493 e. The first-order valence-corrected chi connectivity index (χ1v) is 10.1. The summed E-state index contributed by atoms with van der Waals surface area (Å²) in [5.41, 5.74) is 5.26. The lowest BCUT2D eigenvalue weighted by Crippen LogP contribution is -2.33. The highest BCUT2D eigenvalue weighted by atomic mass is 16.5. The SMILES string of the molecule is COc1ccc([C@H]2C3=C(CN(C(C)=O)C3=O)Nc3cccc4c3c2cn4C)cc1OC. The predicted octanol–water partition coefficient (Wildman–Crippen LogP) is 3.40. The first kappa shape index (κ1) is 19.2. The Labute approximate surface area is 179 Å². The molecular weight excluding hydrogens is 394 g/mol. The van der Waals surface area contributed by atoms with Crippen molar-refractivity contribution < 1.29 is 19.1 Å². The van der Waals surface area contributed by atoms with E-state index < -0.39 is 0 Å². The van der Waals surface area contributed by atoms with Crippen molar-refractivity contribution in [2.24, 2.45) is 7.05 Å². The minimum absolute atomic E-state index is 0.236. The molecule has 158 valence electrons. The molecule has 1 atom stereocenters. The van der Waals surface area contributed by atoms with E-state index in [-0.39, 0.29) is 24.3 Å². The summed E-state index contributed by atoms with van der Waals surface area (Å²) in [6.45, 7) is 1.66. The molecule has 1 N–H and O–H groups in total. The summed E-state index contributed by atoms with van der Waals surface area (Å²) < 4.78 is 13.0. The molecule has 2 aromatic carbocycles. The lowest BCUT2D eigenvalue weighted by Gasteiger charge is -2.20. The minimum Gasteiger partial charge on any atom is -0.493 e. The Bertz CT molecular complexity index is 1290. The highest BCUT2D eigenvalue weighted by Crippen LogP contribution is 2.47. The second-order valence-corrected chi connectivity index (χ2v) is 7.87. The first-order valence-electron chi connectivity index (χ1n) is 10.1. The number of carbonyl (C=O) groups excluding carboxylic acids is 2. The van der Waals surface area contributed by atoms with Gasteiger partial charge in [0.15, 0.2) is 11.5 Å². The van der Waals surface area contributed by atoms with E-state index in [0.29, 0.717) is 17.1 Å². The number of anilines is 1. The van der Waals surface area contributed by atoms with E-state index in [1.54, 1.807) is 14.2 Å². The van der Waals surface area contributed by atoms with Gasteiger partial charge in [-0.25, -0.2) is 0 Å². The molecule has 2 amide bonds. The van der Waals surface area contributed by atoms with Crippen LogP contribution in [0.3, 0.4) is 0 Å². The second-order valence-electron chi connectivity index (χ2n) is 7.87. The average Bonchev–Trinajstić information content (AvgIpc) is 3.22. The summed E-state index contributed by atoms with van der Waals surface area (Å²) in [4.78, 5) is 26.9. The third kappa shape index (κ3) is 2.73. The minimum atomic E-state index is -0.355. The van der Waals surface area contributed by atoms with E-state index in [4.69, 9.17) is 9.47 Å². The van der Waals surface area contributed by atoms with Gasteiger partial charge in [0.05, 0.1) is 31.9 Å². The maximum absolute atomic E-state index is 13.4. The monoisotopic (exact) mass is 417 g/mol. The van der Waals surface area contributed by atoms with Crippen LogP contribution in [0.25, 0.3) is 10.9 Å². The molecular formula is C24H23N3O4. The van der Waals surface area contributed by atoms with Gasteiger partial charge in [0.25, 0.3) is 5.91 Å². The Balaban J connectivity index is 1.80.